The number of para-hydroxylation sites is 2. The van der Waals surface area contributed by atoms with Crippen molar-refractivity contribution in [2.75, 3.05) is 0 Å². The minimum atomic E-state index is -0.172. The van der Waals surface area contributed by atoms with Gasteiger partial charge in [0.25, 0.3) is 5.91 Å². The standard InChI is InChI=1S/C17H15BrN4O/c1-12(18)11-22-15-7-3-2-6-14(15)21-16(22)10-20-17(23)13-5-4-8-19-9-13/h2-9H,1,10-11H2,(H,20,23). The fourth-order valence-corrected chi connectivity index (χ4v) is 2.62. The van der Waals surface area contributed by atoms with Gasteiger partial charge in [-0.05, 0) is 24.3 Å². The van der Waals surface area contributed by atoms with Crippen LogP contribution in [0.5, 0.6) is 0 Å². The molecule has 0 aliphatic rings. The molecule has 3 aromatic rings. The number of aromatic nitrogens is 3. The average Bonchev–Trinajstić information content (AvgIpc) is 2.91. The maximum Gasteiger partial charge on any atom is 0.253 e. The number of carbonyl (C=O) groups is 1. The van der Waals surface area contributed by atoms with Crippen LogP contribution in [0.4, 0.5) is 0 Å². The monoisotopic (exact) mass is 370 g/mol. The molecule has 0 spiro atoms. The predicted octanol–water partition coefficient (Wildman–Crippen LogP) is 3.27. The number of imidazole rings is 1. The van der Waals surface area contributed by atoms with Gasteiger partial charge in [-0.1, -0.05) is 34.6 Å². The van der Waals surface area contributed by atoms with Crippen LogP contribution >= 0.6 is 15.9 Å². The van der Waals surface area contributed by atoms with Crippen LogP contribution < -0.4 is 5.32 Å². The lowest BCUT2D eigenvalue weighted by Gasteiger charge is -2.09. The molecular formula is C17H15BrN4O. The highest BCUT2D eigenvalue weighted by Gasteiger charge is 2.12. The average molecular weight is 371 g/mol. The molecule has 0 bridgehead atoms. The number of nitrogens with one attached hydrogen (secondary N) is 1. The van der Waals surface area contributed by atoms with E-state index in [1.165, 1.54) is 0 Å². The molecule has 0 radical (unpaired) electrons. The minimum absolute atomic E-state index is 0.172. The summed E-state index contributed by atoms with van der Waals surface area (Å²) >= 11 is 3.39. The van der Waals surface area contributed by atoms with Gasteiger partial charge in [0.15, 0.2) is 0 Å². The number of allylic oxidation sites excluding steroid dienone is 1. The number of fused-ring (bicyclic) bond motifs is 1. The summed E-state index contributed by atoms with van der Waals surface area (Å²) in [4.78, 5) is 20.7. The van der Waals surface area contributed by atoms with Crippen molar-refractivity contribution < 1.29 is 4.79 Å². The second kappa shape index (κ2) is 6.75. The van der Waals surface area contributed by atoms with Gasteiger partial charge in [0.05, 0.1) is 29.7 Å². The number of benzene rings is 1. The molecule has 0 fully saturated rings. The van der Waals surface area contributed by atoms with Gasteiger partial charge < -0.3 is 9.88 Å². The number of halogens is 1. The van der Waals surface area contributed by atoms with Gasteiger partial charge in [-0.15, -0.1) is 0 Å². The molecule has 1 N–H and O–H groups in total. The number of carbonyl (C=O) groups excluding carboxylic acids is 1. The zero-order chi connectivity index (χ0) is 16.2. The summed E-state index contributed by atoms with van der Waals surface area (Å²) in [6, 6.07) is 11.3. The lowest BCUT2D eigenvalue weighted by atomic mass is 10.3. The number of hydrogen-bond acceptors (Lipinski definition) is 3. The van der Waals surface area contributed by atoms with Crippen LogP contribution in [0.3, 0.4) is 0 Å². The maximum atomic E-state index is 12.2. The zero-order valence-corrected chi connectivity index (χ0v) is 14.0. The molecule has 1 aromatic carbocycles. The lowest BCUT2D eigenvalue weighted by Crippen LogP contribution is -2.24. The molecule has 0 saturated heterocycles. The second-order valence-corrected chi connectivity index (χ2v) is 6.17. The summed E-state index contributed by atoms with van der Waals surface area (Å²) in [5, 5.41) is 2.88. The van der Waals surface area contributed by atoms with Crippen LogP contribution in [-0.4, -0.2) is 20.4 Å². The predicted molar refractivity (Wildman–Crippen MR) is 93.2 cm³/mol. The Balaban J connectivity index is 1.84. The highest BCUT2D eigenvalue weighted by atomic mass is 79.9. The fourth-order valence-electron chi connectivity index (χ4n) is 2.37. The van der Waals surface area contributed by atoms with Gasteiger partial charge in [-0.3, -0.25) is 9.78 Å². The normalized spacial score (nSPS) is 10.7. The third kappa shape index (κ3) is 3.48. The smallest absolute Gasteiger partial charge is 0.253 e. The molecule has 6 heteroatoms. The summed E-state index contributed by atoms with van der Waals surface area (Å²) < 4.78 is 2.89. The Hall–Kier alpha value is -2.47. The van der Waals surface area contributed by atoms with Gasteiger partial charge in [0.2, 0.25) is 0 Å². The van der Waals surface area contributed by atoms with Gasteiger partial charge in [0.1, 0.15) is 5.82 Å². The third-order valence-electron chi connectivity index (χ3n) is 3.39. The Kier molecular flexibility index (Phi) is 4.52. The first-order valence-corrected chi connectivity index (χ1v) is 7.90. The van der Waals surface area contributed by atoms with E-state index >= 15 is 0 Å². The summed E-state index contributed by atoms with van der Waals surface area (Å²) in [7, 11) is 0. The van der Waals surface area contributed by atoms with Gasteiger partial charge in [-0.25, -0.2) is 4.98 Å². The van der Waals surface area contributed by atoms with Crippen LogP contribution in [0.25, 0.3) is 11.0 Å². The van der Waals surface area contributed by atoms with Crippen LogP contribution in [0.15, 0.2) is 59.9 Å². The molecule has 5 nitrogen and oxygen atoms in total. The lowest BCUT2D eigenvalue weighted by molar-refractivity contribution is 0.0949. The molecule has 0 aliphatic carbocycles. The molecule has 0 aliphatic heterocycles. The van der Waals surface area contributed by atoms with Crippen molar-refractivity contribution in [3.05, 3.63) is 71.2 Å². The van der Waals surface area contributed by atoms with Crippen molar-refractivity contribution in [1.82, 2.24) is 19.9 Å². The van der Waals surface area contributed by atoms with Crippen molar-refractivity contribution in [3.63, 3.8) is 0 Å². The van der Waals surface area contributed by atoms with Gasteiger partial charge in [0, 0.05) is 16.9 Å². The maximum absolute atomic E-state index is 12.2. The molecule has 0 unspecified atom stereocenters. The van der Waals surface area contributed by atoms with Crippen LogP contribution in [0, 0.1) is 0 Å². The van der Waals surface area contributed by atoms with Crippen molar-refractivity contribution in [1.29, 1.82) is 0 Å². The van der Waals surface area contributed by atoms with E-state index in [2.05, 4.69) is 37.8 Å². The van der Waals surface area contributed by atoms with Crippen LogP contribution in [-0.2, 0) is 13.1 Å². The van der Waals surface area contributed by atoms with E-state index in [1.54, 1.807) is 24.5 Å². The van der Waals surface area contributed by atoms with E-state index in [4.69, 9.17) is 0 Å². The van der Waals surface area contributed by atoms with Crippen molar-refractivity contribution in [2.24, 2.45) is 0 Å². The van der Waals surface area contributed by atoms with E-state index in [-0.39, 0.29) is 5.91 Å². The Morgan fingerprint density at radius 1 is 1.26 bits per heavy atom. The quantitative estimate of drug-likeness (QED) is 0.749. The summed E-state index contributed by atoms with van der Waals surface area (Å²) in [5.41, 5.74) is 2.44. The molecule has 1 amide bonds. The van der Waals surface area contributed by atoms with Crippen LogP contribution in [0.1, 0.15) is 16.2 Å². The van der Waals surface area contributed by atoms with E-state index in [0.717, 1.165) is 21.3 Å². The molecule has 2 aromatic heterocycles. The highest BCUT2D eigenvalue weighted by molar-refractivity contribution is 9.11. The Morgan fingerprint density at radius 3 is 2.83 bits per heavy atom. The molecule has 116 valence electrons. The van der Waals surface area contributed by atoms with Crippen molar-refractivity contribution in [3.8, 4) is 0 Å². The summed E-state index contributed by atoms with van der Waals surface area (Å²) in [6.07, 6.45) is 3.18. The number of pyridine rings is 1. The van der Waals surface area contributed by atoms with E-state index in [1.807, 2.05) is 28.8 Å². The van der Waals surface area contributed by atoms with Crippen LogP contribution in [0.2, 0.25) is 0 Å². The Labute approximate surface area is 142 Å². The molecule has 0 saturated carbocycles. The van der Waals surface area contributed by atoms with E-state index < -0.39 is 0 Å². The van der Waals surface area contributed by atoms with E-state index in [0.29, 0.717) is 18.7 Å². The molecule has 0 atom stereocenters. The first-order valence-electron chi connectivity index (χ1n) is 7.11. The zero-order valence-electron chi connectivity index (χ0n) is 12.4. The first-order chi connectivity index (χ1) is 11.1. The summed E-state index contributed by atoms with van der Waals surface area (Å²) in [5.74, 6) is 0.610. The Bertz CT molecular complexity index is 857. The van der Waals surface area contributed by atoms with Crippen molar-refractivity contribution in [2.45, 2.75) is 13.1 Å². The molecular weight excluding hydrogens is 356 g/mol. The second-order valence-electron chi connectivity index (χ2n) is 5.04. The minimum Gasteiger partial charge on any atom is -0.345 e. The Morgan fingerprint density at radius 2 is 2.09 bits per heavy atom. The number of rotatable bonds is 5. The topological polar surface area (TPSA) is 59.8 Å². The highest BCUT2D eigenvalue weighted by Crippen LogP contribution is 2.19. The fraction of sp³-hybridized carbons (Fsp3) is 0.118. The summed E-state index contributed by atoms with van der Waals surface area (Å²) in [6.45, 7) is 4.83. The SMILES string of the molecule is C=C(Br)Cn1c(CNC(=O)c2cccnc2)nc2ccccc21. The molecule has 23 heavy (non-hydrogen) atoms. The largest absolute Gasteiger partial charge is 0.345 e. The van der Waals surface area contributed by atoms with E-state index in [9.17, 15) is 4.79 Å². The van der Waals surface area contributed by atoms with Gasteiger partial charge in [-0.2, -0.15) is 0 Å². The number of amides is 1. The van der Waals surface area contributed by atoms with Gasteiger partial charge >= 0.3 is 0 Å². The molecule has 2 heterocycles. The number of nitrogens with zero attached hydrogens (tertiary/aromatic N) is 3. The number of hydrogen-bond donors (Lipinski definition) is 1. The van der Waals surface area contributed by atoms with Crippen molar-refractivity contribution >= 4 is 32.9 Å². The molecule has 3 rings (SSSR count). The first kappa shape index (κ1) is 15.4. The third-order valence-corrected chi connectivity index (χ3v) is 3.64.